The van der Waals surface area contributed by atoms with Crippen molar-refractivity contribution in [2.75, 3.05) is 6.61 Å². The Kier molecular flexibility index (Phi) is 6.15. The minimum absolute atomic E-state index is 0.172. The van der Waals surface area contributed by atoms with E-state index in [1.54, 1.807) is 11.4 Å². The lowest BCUT2D eigenvalue weighted by Crippen LogP contribution is -2.07. The van der Waals surface area contributed by atoms with Gasteiger partial charge in [-0.3, -0.25) is 4.79 Å². The van der Waals surface area contributed by atoms with Crippen LogP contribution in [0.25, 0.3) is 0 Å². The molecule has 2 nitrogen and oxygen atoms in total. The van der Waals surface area contributed by atoms with Gasteiger partial charge < -0.3 is 4.74 Å². The molecule has 0 saturated carbocycles. The molecule has 0 N–H and O–H groups in total. The number of benzene rings is 1. The molecule has 1 unspecified atom stereocenters. The highest BCUT2D eigenvalue weighted by Gasteiger charge is 2.03. The van der Waals surface area contributed by atoms with Gasteiger partial charge in [0.1, 0.15) is 0 Å². The van der Waals surface area contributed by atoms with Crippen LogP contribution < -0.4 is 0 Å². The summed E-state index contributed by atoms with van der Waals surface area (Å²) in [6.07, 6.45) is 0.349. The first-order chi connectivity index (χ1) is 7.26. The molecule has 1 aromatic carbocycles. The number of hydrogen-bond donors (Lipinski definition) is 1. The largest absolute Gasteiger partial charge is 0.466 e. The molecule has 0 spiro atoms. The zero-order valence-electron chi connectivity index (χ0n) is 8.40. The van der Waals surface area contributed by atoms with Crippen LogP contribution in [0.4, 0.5) is 0 Å². The molecule has 1 atom stereocenters. The average Bonchev–Trinajstić information content (AvgIpc) is 2.22. The molecule has 0 aliphatic rings. The molecule has 1 aromatic rings. The number of rotatable bonds is 5. The van der Waals surface area contributed by atoms with Crippen LogP contribution in [0, 0.1) is 0 Å². The van der Waals surface area contributed by atoms with Crippen molar-refractivity contribution in [1.82, 2.24) is 0 Å². The molecule has 0 aliphatic carbocycles. The first-order valence-electron chi connectivity index (χ1n) is 4.56. The SMILES string of the molecule is CCOC(=O)Cc1ccc(SPS)cc1. The number of hydrogen-bond acceptors (Lipinski definition) is 4. The second kappa shape index (κ2) is 7.15. The Morgan fingerprint density at radius 2 is 2.13 bits per heavy atom. The Balaban J connectivity index is 2.52. The van der Waals surface area contributed by atoms with E-state index in [4.69, 9.17) is 4.74 Å². The summed E-state index contributed by atoms with van der Waals surface area (Å²) in [5, 5.41) is 0. The Bertz CT molecular complexity index is 314. The first kappa shape index (κ1) is 12.9. The van der Waals surface area contributed by atoms with Gasteiger partial charge in [0.2, 0.25) is 0 Å². The fourth-order valence-corrected chi connectivity index (χ4v) is 3.16. The summed E-state index contributed by atoms with van der Waals surface area (Å²) >= 11 is 5.85. The molecule has 0 amide bonds. The third-order valence-corrected chi connectivity index (χ3v) is 4.14. The normalized spacial score (nSPS) is 10.8. The second-order valence-corrected chi connectivity index (χ2v) is 6.48. The Labute approximate surface area is 101 Å². The number of thiol groups is 1. The molecule has 0 aliphatic heterocycles. The maximum atomic E-state index is 11.2. The third kappa shape index (κ3) is 4.92. The summed E-state index contributed by atoms with van der Waals surface area (Å²) in [4.78, 5) is 12.4. The summed E-state index contributed by atoms with van der Waals surface area (Å²) in [6.45, 7) is 2.80. The van der Waals surface area contributed by atoms with Gasteiger partial charge in [-0.05, 0) is 31.6 Å². The lowest BCUT2D eigenvalue weighted by Gasteiger charge is -2.03. The molecule has 15 heavy (non-hydrogen) atoms. The Morgan fingerprint density at radius 1 is 1.47 bits per heavy atom. The molecular weight excluding hydrogens is 247 g/mol. The van der Waals surface area contributed by atoms with E-state index in [9.17, 15) is 4.79 Å². The van der Waals surface area contributed by atoms with E-state index >= 15 is 0 Å². The molecular formula is C10H13O2PS2. The topological polar surface area (TPSA) is 26.3 Å². The molecule has 5 heteroatoms. The van der Waals surface area contributed by atoms with E-state index in [1.807, 2.05) is 31.2 Å². The number of carbonyl (C=O) groups is 1. The Hall–Kier alpha value is -0.180. The maximum absolute atomic E-state index is 11.2. The van der Waals surface area contributed by atoms with E-state index < -0.39 is 0 Å². The summed E-state index contributed by atoms with van der Waals surface area (Å²) in [7, 11) is 0. The lowest BCUT2D eigenvalue weighted by molar-refractivity contribution is -0.142. The quantitative estimate of drug-likeness (QED) is 0.499. The fourth-order valence-electron chi connectivity index (χ4n) is 1.11. The summed E-state index contributed by atoms with van der Waals surface area (Å²) in [5.74, 6) is -0.172. The Morgan fingerprint density at radius 3 is 2.67 bits per heavy atom. The summed E-state index contributed by atoms with van der Waals surface area (Å²) in [6, 6.07) is 7.91. The molecule has 82 valence electrons. The van der Waals surface area contributed by atoms with Gasteiger partial charge in [-0.15, -0.1) is 12.2 Å². The third-order valence-electron chi connectivity index (χ3n) is 1.74. The van der Waals surface area contributed by atoms with Gasteiger partial charge in [-0.25, -0.2) is 0 Å². The van der Waals surface area contributed by atoms with E-state index in [0.717, 1.165) is 5.56 Å². The van der Waals surface area contributed by atoms with Crippen molar-refractivity contribution in [2.45, 2.75) is 18.2 Å². The highest BCUT2D eigenvalue weighted by atomic mass is 33.1. The van der Waals surface area contributed by atoms with Gasteiger partial charge in [-0.2, -0.15) is 0 Å². The van der Waals surface area contributed by atoms with Crippen molar-refractivity contribution in [2.24, 2.45) is 0 Å². The maximum Gasteiger partial charge on any atom is 0.310 e. The van der Waals surface area contributed by atoms with Crippen LogP contribution in [0.15, 0.2) is 29.2 Å². The number of ether oxygens (including phenoxy) is 1. The van der Waals surface area contributed by atoms with Crippen LogP contribution in [-0.4, -0.2) is 12.6 Å². The average molecular weight is 260 g/mol. The molecule has 0 radical (unpaired) electrons. The zero-order valence-corrected chi connectivity index (χ0v) is 11.1. The zero-order chi connectivity index (χ0) is 11.1. The van der Waals surface area contributed by atoms with Crippen molar-refractivity contribution >= 4 is 36.6 Å². The predicted molar refractivity (Wildman–Crippen MR) is 69.9 cm³/mol. The van der Waals surface area contributed by atoms with Gasteiger partial charge in [0.25, 0.3) is 0 Å². The van der Waals surface area contributed by atoms with E-state index in [2.05, 4.69) is 12.2 Å². The minimum atomic E-state index is -0.172. The summed E-state index contributed by atoms with van der Waals surface area (Å²) < 4.78 is 4.87. The molecule has 1 rings (SSSR count). The van der Waals surface area contributed by atoms with E-state index in [0.29, 0.717) is 20.0 Å². The smallest absolute Gasteiger partial charge is 0.310 e. The monoisotopic (exact) mass is 260 g/mol. The van der Waals surface area contributed by atoms with Gasteiger partial charge in [0.15, 0.2) is 0 Å². The summed E-state index contributed by atoms with van der Waals surface area (Å²) in [5.41, 5.74) is 0.986. The van der Waals surface area contributed by atoms with Crippen LogP contribution in [0.3, 0.4) is 0 Å². The van der Waals surface area contributed by atoms with Crippen molar-refractivity contribution in [3.8, 4) is 0 Å². The van der Waals surface area contributed by atoms with E-state index in [-0.39, 0.29) is 5.97 Å². The first-order valence-corrected chi connectivity index (χ1v) is 8.39. The van der Waals surface area contributed by atoms with Crippen LogP contribution in [0.2, 0.25) is 0 Å². The van der Waals surface area contributed by atoms with Crippen molar-refractivity contribution < 1.29 is 9.53 Å². The van der Waals surface area contributed by atoms with Crippen molar-refractivity contribution in [3.05, 3.63) is 29.8 Å². The number of carbonyl (C=O) groups excluding carboxylic acids is 1. The van der Waals surface area contributed by atoms with Crippen LogP contribution in [-0.2, 0) is 16.0 Å². The van der Waals surface area contributed by atoms with E-state index in [1.165, 1.54) is 4.90 Å². The van der Waals surface area contributed by atoms with Gasteiger partial charge in [0.05, 0.1) is 13.0 Å². The number of esters is 1. The molecule has 0 bridgehead atoms. The van der Waals surface area contributed by atoms with Crippen LogP contribution in [0.5, 0.6) is 0 Å². The van der Waals surface area contributed by atoms with Crippen molar-refractivity contribution in [3.63, 3.8) is 0 Å². The minimum Gasteiger partial charge on any atom is -0.466 e. The molecule has 0 heterocycles. The van der Waals surface area contributed by atoms with Gasteiger partial charge in [0, 0.05) is 4.90 Å². The highest BCUT2D eigenvalue weighted by molar-refractivity contribution is 8.77. The standard InChI is InChI=1S/C10H13O2PS2/c1-2-12-10(11)7-8-3-5-9(6-4-8)15-13-14/h3-6,13-14H,2,7H2,1H3. The van der Waals surface area contributed by atoms with Crippen LogP contribution >= 0.6 is 30.6 Å². The van der Waals surface area contributed by atoms with Gasteiger partial charge in [-0.1, -0.05) is 23.5 Å². The van der Waals surface area contributed by atoms with Crippen molar-refractivity contribution in [1.29, 1.82) is 0 Å². The molecule has 0 fully saturated rings. The van der Waals surface area contributed by atoms with Gasteiger partial charge >= 0.3 is 5.97 Å². The molecule has 0 aromatic heterocycles. The second-order valence-electron chi connectivity index (χ2n) is 2.82. The highest BCUT2D eigenvalue weighted by Crippen LogP contribution is 2.39. The fraction of sp³-hybridized carbons (Fsp3) is 0.300. The lowest BCUT2D eigenvalue weighted by atomic mass is 10.1. The van der Waals surface area contributed by atoms with Crippen LogP contribution in [0.1, 0.15) is 12.5 Å². The predicted octanol–water partition coefficient (Wildman–Crippen LogP) is 3.32. The molecule has 0 saturated heterocycles.